The molecule has 0 unspecified atom stereocenters. The Morgan fingerprint density at radius 2 is 0.463 bits per heavy atom. The monoisotopic (exact) mass is 1710 g/mol. The van der Waals surface area contributed by atoms with Crippen LogP contribution in [0.1, 0.15) is 177 Å². The van der Waals surface area contributed by atoms with E-state index in [0.717, 1.165) is 0 Å². The molecule has 0 fully saturated rings. The Morgan fingerprint density at radius 1 is 0.264 bits per heavy atom. The van der Waals surface area contributed by atoms with Gasteiger partial charge in [-0.1, -0.05) is 111 Å². The number of hydrogen-bond donors (Lipinski definition) is 27. The molecule has 46 nitrogen and oxygen atoms in total. The molecule has 12 amide bonds. The Bertz CT molecular complexity index is 3650. The van der Waals surface area contributed by atoms with E-state index in [4.69, 9.17) is 91.7 Å². The van der Waals surface area contributed by atoms with Gasteiger partial charge in [0.15, 0.2) is 41.7 Å². The highest BCUT2D eigenvalue weighted by molar-refractivity contribution is 6.00. The Morgan fingerprint density at radius 3 is 0.694 bits per heavy atom. The van der Waals surface area contributed by atoms with Crippen LogP contribution in [0.15, 0.2) is 65.3 Å². The van der Waals surface area contributed by atoms with Crippen LogP contribution < -0.4 is 150 Å². The number of carbonyl (C=O) groups excluding carboxylic acids is 12. The SMILES string of the molecule is CC[C@H](C)[C@H](N)C(=O)N[C@@H](CCCN=C(N)N)C(=O)N[C@H](C(=O)N[C@@H](CCCN=C(N)N)C(=O)N[C@@H](CCCN=C(N)N)C(=O)N[C@@H](CCCN=C(N)N)C(=O)N[C@@H](CCCN=C(N)N)C(=O)N[C@@H](Cc1ccccc1)C(=O)N[C@@H](CCCN=C(N)N)C(=O)N[C@H](C(=O)N[C@@H](CCCN=C(N)N)C(=O)N[C@H](C(N)=O)[C@@H](C)CC)[C@@H](C)CC)[C@@H](C)CC. The number of nitrogens with two attached hydrogens (primary N) is 16. The number of aliphatic imine (C=N–C) groups is 7. The zero-order chi connectivity index (χ0) is 91.4. The third kappa shape index (κ3) is 44.4. The Labute approximate surface area is 707 Å². The fourth-order valence-electron chi connectivity index (χ4n) is 12.0. The van der Waals surface area contributed by atoms with Crippen LogP contribution in [0.5, 0.6) is 0 Å². The number of hydrogen-bond acceptors (Lipinski definition) is 20. The first kappa shape index (κ1) is 107. The highest BCUT2D eigenvalue weighted by Gasteiger charge is 2.39. The number of amides is 12. The summed E-state index contributed by atoms with van der Waals surface area (Å²) in [5, 5.41) is 30.0. The van der Waals surface area contributed by atoms with Crippen LogP contribution in [0, 0.1) is 23.7 Å². The normalized spacial score (nSPS) is 14.9. The Hall–Kier alpha value is -12.3. The lowest BCUT2D eigenvalue weighted by molar-refractivity contribution is -0.137. The van der Waals surface area contributed by atoms with Crippen molar-refractivity contribution >= 4 is 113 Å². The maximum Gasteiger partial charge on any atom is 0.243 e. The molecule has 0 aliphatic rings. The van der Waals surface area contributed by atoms with Crippen molar-refractivity contribution < 1.29 is 57.5 Å². The fraction of sp³-hybridized carbons (Fsp3) is 0.667. The molecule has 16 atom stereocenters. The molecule has 0 spiro atoms. The number of benzene rings is 1. The summed E-state index contributed by atoms with van der Waals surface area (Å²) in [6.45, 7) is 13.8. The average molecular weight is 1710 g/mol. The van der Waals surface area contributed by atoms with E-state index in [1.165, 1.54) is 0 Å². The molecular formula is C75H140N34O12. The van der Waals surface area contributed by atoms with Crippen molar-refractivity contribution in [3.63, 3.8) is 0 Å². The van der Waals surface area contributed by atoms with E-state index in [-0.39, 0.29) is 190 Å². The van der Waals surface area contributed by atoms with Gasteiger partial charge in [0, 0.05) is 52.2 Å². The topological polar surface area (TPSA) is 840 Å². The number of guanidine groups is 7. The van der Waals surface area contributed by atoms with Crippen LogP contribution in [0.4, 0.5) is 0 Å². The van der Waals surface area contributed by atoms with Gasteiger partial charge in [-0.05, 0) is 119 Å². The number of primary amides is 1. The van der Waals surface area contributed by atoms with Gasteiger partial charge in [0.1, 0.15) is 66.5 Å². The molecular weight excluding hydrogens is 1570 g/mol. The van der Waals surface area contributed by atoms with Crippen molar-refractivity contribution in [3.8, 4) is 0 Å². The van der Waals surface area contributed by atoms with Crippen LogP contribution in [0.3, 0.4) is 0 Å². The van der Waals surface area contributed by atoms with Gasteiger partial charge in [0.05, 0.1) is 6.04 Å². The minimum atomic E-state index is -1.58. The zero-order valence-electron chi connectivity index (χ0n) is 71.3. The molecule has 0 aliphatic heterocycles. The van der Waals surface area contributed by atoms with E-state index in [1.807, 2.05) is 6.92 Å². The standard InChI is InChI=1S/C75H140N34O12/c1-9-40(5)53(76)66(119)103-50(30-21-37-97-74(88)89)64(117)109-55(42(7)11-3)67(120)104-48(28-19-35-95-72(84)85)60(113)100-46(26-17-33-93-70(80)81)58(111)99-45(25-16-32-92-69(78)79)59(112)101-47(27-18-34-94-71(82)83)61(114)106-52(39-44-23-14-13-15-24-44)65(118)102-49(29-20-36-96-73(86)87)63(116)108-56(43(8)12-4)68(121)105-51(31-22-38-98-75(90)91)62(115)107-54(57(77)110)41(6)10-2/h13-15,23-24,40-43,45-56H,9-12,16-22,25-39,76H2,1-8H3,(H2,77,110)(H,99,111)(H,100,113)(H,101,112)(H,102,118)(H,103,119)(H,104,120)(H,105,121)(H,106,114)(H,107,115)(H,108,116)(H,109,117)(H4,78,79,92)(H4,80,81,93)(H4,82,83,94)(H4,84,85,95)(H4,86,87,96)(H4,88,89,97)(H4,90,91,98)/t40-,41-,42-,43-,45-,46-,47-,48-,49-,50-,51-,52-,53-,54-,55-,56-/m0/s1. The van der Waals surface area contributed by atoms with E-state index in [9.17, 15) is 38.4 Å². The summed E-state index contributed by atoms with van der Waals surface area (Å²) in [5.74, 6) is -14.1. The Kier molecular flexibility index (Phi) is 51.7. The molecule has 0 saturated heterocycles. The van der Waals surface area contributed by atoms with Crippen LogP contribution in [0.2, 0.25) is 0 Å². The van der Waals surface area contributed by atoms with E-state index in [0.29, 0.717) is 31.2 Å². The highest BCUT2D eigenvalue weighted by atomic mass is 16.2. The largest absolute Gasteiger partial charge is 0.370 e. The summed E-state index contributed by atoms with van der Waals surface area (Å²) in [7, 11) is 0. The maximum atomic E-state index is 15.2. The van der Waals surface area contributed by atoms with Gasteiger partial charge in [-0.25, -0.2) is 0 Å². The van der Waals surface area contributed by atoms with Gasteiger partial charge >= 0.3 is 0 Å². The van der Waals surface area contributed by atoms with E-state index >= 15 is 19.2 Å². The predicted molar refractivity (Wildman–Crippen MR) is 466 cm³/mol. The molecule has 0 radical (unpaired) electrons. The van der Waals surface area contributed by atoms with Crippen LogP contribution in [-0.2, 0) is 64.0 Å². The molecule has 0 bridgehead atoms. The molecule has 0 aliphatic carbocycles. The number of nitrogens with zero attached hydrogens (tertiary/aromatic N) is 7. The van der Waals surface area contributed by atoms with Gasteiger partial charge in [0.2, 0.25) is 70.9 Å². The first-order chi connectivity index (χ1) is 57.1. The number of rotatable bonds is 61. The summed E-state index contributed by atoms with van der Waals surface area (Å²) >= 11 is 0. The zero-order valence-corrected chi connectivity index (χ0v) is 71.3. The van der Waals surface area contributed by atoms with Crippen molar-refractivity contribution in [1.82, 2.24) is 58.5 Å². The van der Waals surface area contributed by atoms with Crippen molar-refractivity contribution in [3.05, 3.63) is 35.9 Å². The maximum absolute atomic E-state index is 15.2. The summed E-state index contributed by atoms with van der Waals surface area (Å²) in [6.07, 6.45) is 0.898. The molecule has 0 saturated carbocycles. The molecule has 0 heterocycles. The third-order valence-electron chi connectivity index (χ3n) is 19.9. The first-order valence-corrected chi connectivity index (χ1v) is 40.9. The second kappa shape index (κ2) is 58.6. The summed E-state index contributed by atoms with van der Waals surface area (Å²) in [4.78, 5) is 202. The third-order valence-corrected chi connectivity index (χ3v) is 19.9. The summed E-state index contributed by atoms with van der Waals surface area (Å²) in [5.41, 5.74) is 91.4. The lowest BCUT2D eigenvalue weighted by Crippen LogP contribution is -2.61. The molecule has 682 valence electrons. The summed E-state index contributed by atoms with van der Waals surface area (Å²) < 4.78 is 0. The lowest BCUT2D eigenvalue weighted by atomic mass is 9.96. The number of nitrogens with one attached hydrogen (secondary N) is 11. The first-order valence-electron chi connectivity index (χ1n) is 40.9. The van der Waals surface area contributed by atoms with Gasteiger partial charge in [0.25, 0.3) is 0 Å². The van der Waals surface area contributed by atoms with Crippen molar-refractivity contribution in [2.24, 2.45) is 150 Å². The average Bonchev–Trinajstić information content (AvgIpc) is 0.852. The molecule has 1 rings (SSSR count). The lowest BCUT2D eigenvalue weighted by Gasteiger charge is -2.30. The van der Waals surface area contributed by atoms with Gasteiger partial charge in [-0.15, -0.1) is 0 Å². The molecule has 121 heavy (non-hydrogen) atoms. The smallest absolute Gasteiger partial charge is 0.243 e. The highest BCUT2D eigenvalue weighted by Crippen LogP contribution is 2.18. The minimum absolute atomic E-state index is 0.00714. The minimum Gasteiger partial charge on any atom is -0.370 e. The van der Waals surface area contributed by atoms with Crippen LogP contribution in [-0.4, -0.2) is 231 Å². The van der Waals surface area contributed by atoms with E-state index in [2.05, 4.69) is 93.4 Å². The molecule has 1 aromatic carbocycles. The van der Waals surface area contributed by atoms with Crippen molar-refractivity contribution in [2.75, 3.05) is 45.8 Å². The molecule has 46 heteroatoms. The molecule has 1 aromatic rings. The van der Waals surface area contributed by atoms with E-state index < -0.39 is 161 Å². The second-order valence-corrected chi connectivity index (χ2v) is 29.7. The van der Waals surface area contributed by atoms with Crippen LogP contribution in [0.25, 0.3) is 0 Å². The second-order valence-electron chi connectivity index (χ2n) is 29.7. The quantitative estimate of drug-likeness (QED) is 0.0164. The predicted octanol–water partition coefficient (Wildman–Crippen LogP) is -8.07. The van der Waals surface area contributed by atoms with Gasteiger partial charge in [-0.3, -0.25) is 92.5 Å². The van der Waals surface area contributed by atoms with Crippen molar-refractivity contribution in [1.29, 1.82) is 0 Å². The fourth-order valence-corrected chi connectivity index (χ4v) is 12.0. The van der Waals surface area contributed by atoms with Gasteiger partial charge < -0.3 is 150 Å². The van der Waals surface area contributed by atoms with Crippen LogP contribution >= 0.6 is 0 Å². The van der Waals surface area contributed by atoms with Gasteiger partial charge in [-0.2, -0.15) is 0 Å². The van der Waals surface area contributed by atoms with E-state index in [1.54, 1.807) is 78.8 Å². The Balaban J connectivity index is 4.19. The molecule has 43 N–H and O–H groups in total. The molecule has 0 aromatic heterocycles. The van der Waals surface area contributed by atoms with Crippen molar-refractivity contribution in [2.45, 2.75) is 250 Å². The summed E-state index contributed by atoms with van der Waals surface area (Å²) in [6, 6.07) is -8.25. The number of carbonyl (C=O) groups is 12.